The molecule has 13 heteroatoms. The largest absolute Gasteiger partial charge is 0.408 e. The third-order valence-electron chi connectivity index (χ3n) is 7.48. The van der Waals surface area contributed by atoms with Crippen molar-refractivity contribution in [3.8, 4) is 0 Å². The molecule has 2 atom stereocenters. The number of hydrazone groups is 1. The van der Waals surface area contributed by atoms with Crippen LogP contribution >= 0.6 is 0 Å². The normalized spacial score (nSPS) is 19.8. The fourth-order valence-corrected chi connectivity index (χ4v) is 5.21. The van der Waals surface area contributed by atoms with Crippen molar-refractivity contribution in [2.24, 2.45) is 16.3 Å². The summed E-state index contributed by atoms with van der Waals surface area (Å²) in [6.45, 7) is 1.27. The number of amides is 3. The first-order valence-corrected chi connectivity index (χ1v) is 13.7. The van der Waals surface area contributed by atoms with Gasteiger partial charge >= 0.3 is 6.18 Å². The molecule has 2 aliphatic rings. The Bertz CT molecular complexity index is 1330. The third-order valence-corrected chi connectivity index (χ3v) is 7.48. The Kier molecular flexibility index (Phi) is 9.02. The number of hydrogen-bond acceptors (Lipinski definition) is 7. The number of benzene rings is 1. The number of fused-ring (bicyclic) bond motifs is 1. The first-order valence-electron chi connectivity index (χ1n) is 13.7. The molecule has 0 bridgehead atoms. The topological polar surface area (TPSA) is 141 Å². The van der Waals surface area contributed by atoms with Crippen molar-refractivity contribution in [1.82, 2.24) is 20.2 Å². The maximum Gasteiger partial charge on any atom is 0.408 e. The molecule has 226 valence electrons. The predicted molar refractivity (Wildman–Crippen MR) is 148 cm³/mol. The van der Waals surface area contributed by atoms with Gasteiger partial charge in [-0.3, -0.25) is 19.4 Å². The maximum atomic E-state index is 14.0. The second-order valence-corrected chi connectivity index (χ2v) is 11.4. The van der Waals surface area contributed by atoms with Crippen LogP contribution < -0.4 is 11.1 Å². The molecule has 2 aliphatic heterocycles. The lowest BCUT2D eigenvalue weighted by Crippen LogP contribution is -2.61. The fourth-order valence-electron chi connectivity index (χ4n) is 5.21. The molecule has 0 unspecified atom stereocenters. The smallest absolute Gasteiger partial charge is 0.392 e. The molecule has 0 spiro atoms. The number of pyridine rings is 1. The number of piperidine rings is 1. The number of aliphatic hydroxyl groups excluding tert-OH is 1. The number of aliphatic hydroxyl groups is 1. The number of hydrogen-bond donors (Lipinski definition) is 3. The van der Waals surface area contributed by atoms with Gasteiger partial charge in [0.1, 0.15) is 18.0 Å². The van der Waals surface area contributed by atoms with E-state index < -0.39 is 47.4 Å². The number of rotatable bonds is 10. The Morgan fingerprint density at radius 1 is 1.14 bits per heavy atom. The Morgan fingerprint density at radius 2 is 1.83 bits per heavy atom. The molecule has 10 nitrogen and oxygen atoms in total. The van der Waals surface area contributed by atoms with E-state index in [0.29, 0.717) is 17.1 Å². The highest BCUT2D eigenvalue weighted by molar-refractivity contribution is 6.13. The molecule has 0 radical (unpaired) electrons. The van der Waals surface area contributed by atoms with E-state index in [4.69, 9.17) is 5.73 Å². The molecule has 0 aliphatic carbocycles. The van der Waals surface area contributed by atoms with E-state index in [0.717, 1.165) is 11.1 Å². The second-order valence-electron chi connectivity index (χ2n) is 11.4. The van der Waals surface area contributed by atoms with Gasteiger partial charge in [0.2, 0.25) is 11.8 Å². The van der Waals surface area contributed by atoms with E-state index in [1.807, 2.05) is 12.1 Å². The average molecular weight is 589 g/mol. The average Bonchev–Trinajstić information content (AvgIpc) is 3.19. The van der Waals surface area contributed by atoms with E-state index in [9.17, 15) is 32.7 Å². The Morgan fingerprint density at radius 3 is 2.43 bits per heavy atom. The van der Waals surface area contributed by atoms with Gasteiger partial charge in [-0.1, -0.05) is 30.3 Å². The van der Waals surface area contributed by atoms with Crippen molar-refractivity contribution < 1.29 is 32.7 Å². The third kappa shape index (κ3) is 7.13. The maximum absolute atomic E-state index is 14.0. The molecule has 42 heavy (non-hydrogen) atoms. The second kappa shape index (κ2) is 12.2. The number of aryl methyl sites for hydroxylation is 1. The molecular formula is C29H35F3N6O4. The molecule has 4 rings (SSSR count). The summed E-state index contributed by atoms with van der Waals surface area (Å²) >= 11 is 0. The number of nitrogens with zero attached hydrogens (tertiary/aromatic N) is 4. The van der Waals surface area contributed by atoms with E-state index in [2.05, 4.69) is 15.4 Å². The summed E-state index contributed by atoms with van der Waals surface area (Å²) in [6, 6.07) is 11.2. The van der Waals surface area contributed by atoms with Crippen molar-refractivity contribution >= 4 is 23.4 Å². The number of halogens is 3. The van der Waals surface area contributed by atoms with Crippen LogP contribution in [0.3, 0.4) is 0 Å². The molecule has 3 heterocycles. The van der Waals surface area contributed by atoms with Gasteiger partial charge in [0, 0.05) is 37.8 Å². The molecule has 3 amide bonds. The zero-order valence-electron chi connectivity index (χ0n) is 23.5. The number of alkyl halides is 3. The highest BCUT2D eigenvalue weighted by Gasteiger charge is 2.56. The lowest BCUT2D eigenvalue weighted by molar-refractivity contribution is -0.164. The lowest BCUT2D eigenvalue weighted by atomic mass is 9.74. The first-order chi connectivity index (χ1) is 19.7. The van der Waals surface area contributed by atoms with Crippen molar-refractivity contribution in [2.75, 3.05) is 19.6 Å². The van der Waals surface area contributed by atoms with Gasteiger partial charge in [-0.2, -0.15) is 18.3 Å². The molecule has 1 aromatic heterocycles. The fraction of sp³-hybridized carbons (Fsp3) is 0.483. The molecule has 2 aromatic rings. The lowest BCUT2D eigenvalue weighted by Gasteiger charge is -2.40. The van der Waals surface area contributed by atoms with Crippen molar-refractivity contribution in [3.05, 3.63) is 65.5 Å². The summed E-state index contributed by atoms with van der Waals surface area (Å²) in [7, 11) is 0. The Balaban J connectivity index is 1.61. The SMILES string of the molecule is CC(C)(N)C(=O)N[C@H](CCc1ccc(CO)cc1)C(=O)N1CCC2=NN(CC(F)(F)F)C(=O)[C@]2(Cc2ccccn2)C1. The van der Waals surface area contributed by atoms with Crippen LogP contribution in [0.4, 0.5) is 13.2 Å². The number of aromatic nitrogens is 1. The van der Waals surface area contributed by atoms with Gasteiger partial charge in [0.05, 0.1) is 17.9 Å². The molecule has 0 saturated carbocycles. The van der Waals surface area contributed by atoms with Gasteiger partial charge in [-0.25, -0.2) is 5.01 Å². The van der Waals surface area contributed by atoms with Crippen LogP contribution in [0.15, 0.2) is 53.8 Å². The van der Waals surface area contributed by atoms with E-state index >= 15 is 0 Å². The number of nitrogens with two attached hydrogens (primary N) is 1. The van der Waals surface area contributed by atoms with E-state index in [-0.39, 0.29) is 44.7 Å². The zero-order valence-corrected chi connectivity index (χ0v) is 23.5. The molecular weight excluding hydrogens is 553 g/mol. The number of carbonyl (C=O) groups is 3. The Labute approximate surface area is 241 Å². The van der Waals surface area contributed by atoms with Crippen molar-refractivity contribution in [3.63, 3.8) is 0 Å². The number of nitrogens with one attached hydrogen (secondary N) is 1. The van der Waals surface area contributed by atoms with Gasteiger partial charge in [-0.15, -0.1) is 0 Å². The quantitative estimate of drug-likeness (QED) is 0.388. The minimum absolute atomic E-state index is 0.0340. The first kappa shape index (κ1) is 31.1. The van der Waals surface area contributed by atoms with Crippen molar-refractivity contribution in [1.29, 1.82) is 0 Å². The molecule has 1 saturated heterocycles. The van der Waals surface area contributed by atoms with Crippen LogP contribution in [0, 0.1) is 5.41 Å². The minimum atomic E-state index is -4.66. The van der Waals surface area contributed by atoms with Crippen LogP contribution in [0.1, 0.15) is 43.5 Å². The highest BCUT2D eigenvalue weighted by Crippen LogP contribution is 2.39. The summed E-state index contributed by atoms with van der Waals surface area (Å²) in [5.41, 5.74) is 5.54. The van der Waals surface area contributed by atoms with Gasteiger partial charge in [0.25, 0.3) is 5.91 Å². The van der Waals surface area contributed by atoms with Gasteiger partial charge in [-0.05, 0) is 49.9 Å². The molecule has 1 fully saturated rings. The standard InChI is InChI=1S/C29H35F3N6O4/c1-27(2,33)25(41)35-22(11-10-19-6-8-20(16-39)9-7-19)24(40)37-14-12-23-28(17-37,15-21-5-3-4-13-34-21)26(42)38(36-23)18-29(30,31)32/h3-9,13,22,39H,10-12,14-18,33H2,1-2H3,(H,35,41)/t22-,28-/m1/s1. The summed E-state index contributed by atoms with van der Waals surface area (Å²) in [5.74, 6) is -1.86. The summed E-state index contributed by atoms with van der Waals surface area (Å²) in [5, 5.41) is 16.5. The van der Waals surface area contributed by atoms with E-state index in [1.165, 1.54) is 24.9 Å². The zero-order chi connectivity index (χ0) is 30.7. The number of carbonyl (C=O) groups excluding carboxylic acids is 3. The highest BCUT2D eigenvalue weighted by atomic mass is 19.4. The van der Waals surface area contributed by atoms with Crippen molar-refractivity contribution in [2.45, 2.75) is 63.9 Å². The van der Waals surface area contributed by atoms with Gasteiger partial charge < -0.3 is 21.1 Å². The van der Waals surface area contributed by atoms with Crippen LogP contribution in [-0.4, -0.2) is 80.8 Å². The van der Waals surface area contributed by atoms with Gasteiger partial charge in [0.15, 0.2) is 0 Å². The molecule has 1 aromatic carbocycles. The van der Waals surface area contributed by atoms with Crippen LogP contribution in [0.5, 0.6) is 0 Å². The Hall–Kier alpha value is -3.84. The van der Waals surface area contributed by atoms with E-state index in [1.54, 1.807) is 30.3 Å². The van der Waals surface area contributed by atoms with Crippen LogP contribution in [0.25, 0.3) is 0 Å². The summed E-state index contributed by atoms with van der Waals surface area (Å²) in [4.78, 5) is 46.1. The van der Waals surface area contributed by atoms with Crippen LogP contribution in [0.2, 0.25) is 0 Å². The predicted octanol–water partition coefficient (Wildman–Crippen LogP) is 1.95. The molecule has 4 N–H and O–H groups in total. The minimum Gasteiger partial charge on any atom is -0.392 e. The van der Waals surface area contributed by atoms with Crippen LogP contribution in [-0.2, 0) is 33.8 Å². The summed E-state index contributed by atoms with van der Waals surface area (Å²) in [6.07, 6.45) is -2.47. The monoisotopic (exact) mass is 588 g/mol. The number of likely N-dealkylation sites (tertiary alicyclic amines) is 1. The summed E-state index contributed by atoms with van der Waals surface area (Å²) < 4.78 is 39.9.